The van der Waals surface area contributed by atoms with Crippen LogP contribution < -0.4 is 4.74 Å². The summed E-state index contributed by atoms with van der Waals surface area (Å²) in [5.74, 6) is 1.96. The molecular formula is C18H21N7O4. The topological polar surface area (TPSA) is 121 Å². The average molecular weight is 399 g/mol. The highest BCUT2D eigenvalue weighted by Crippen LogP contribution is 2.27. The fourth-order valence-corrected chi connectivity index (χ4v) is 3.13. The van der Waals surface area contributed by atoms with Crippen molar-refractivity contribution in [1.82, 2.24) is 35.2 Å². The Balaban J connectivity index is 1.35. The van der Waals surface area contributed by atoms with Crippen molar-refractivity contribution in [2.24, 2.45) is 7.05 Å². The van der Waals surface area contributed by atoms with Crippen molar-refractivity contribution in [1.29, 1.82) is 0 Å². The number of benzene rings is 1. The van der Waals surface area contributed by atoms with Gasteiger partial charge in [-0.05, 0) is 17.3 Å². The van der Waals surface area contributed by atoms with Gasteiger partial charge in [0.25, 0.3) is 0 Å². The summed E-state index contributed by atoms with van der Waals surface area (Å²) in [5, 5.41) is 15.9. The SMILES string of the molecule is COc1ccccc1-c1noc(CCC(=O)N2CCOC(c3nnn(C)n3)C2)n1. The van der Waals surface area contributed by atoms with E-state index in [0.29, 0.717) is 49.4 Å². The molecule has 4 rings (SSSR count). The average Bonchev–Trinajstić information content (AvgIpc) is 3.41. The number of morpholine rings is 1. The largest absolute Gasteiger partial charge is 0.496 e. The number of aromatic nitrogens is 6. The maximum Gasteiger partial charge on any atom is 0.227 e. The summed E-state index contributed by atoms with van der Waals surface area (Å²) in [5.41, 5.74) is 0.740. The first kappa shape index (κ1) is 19.0. The second kappa shape index (κ2) is 8.35. The lowest BCUT2D eigenvalue weighted by Gasteiger charge is -2.31. The van der Waals surface area contributed by atoms with Gasteiger partial charge in [0.05, 0.1) is 32.9 Å². The van der Waals surface area contributed by atoms with Crippen molar-refractivity contribution in [3.8, 4) is 17.1 Å². The third kappa shape index (κ3) is 4.24. The molecule has 0 aliphatic carbocycles. The monoisotopic (exact) mass is 399 g/mol. The zero-order valence-corrected chi connectivity index (χ0v) is 16.2. The Kier molecular flexibility index (Phi) is 5.47. The normalized spacial score (nSPS) is 16.8. The molecule has 3 aromatic rings. The van der Waals surface area contributed by atoms with E-state index in [9.17, 15) is 4.79 Å². The first-order valence-corrected chi connectivity index (χ1v) is 9.23. The number of carbonyl (C=O) groups is 1. The third-order valence-electron chi connectivity index (χ3n) is 4.60. The number of aryl methyl sites for hydroxylation is 2. The summed E-state index contributed by atoms with van der Waals surface area (Å²) in [4.78, 5) is 20.1. The minimum atomic E-state index is -0.373. The molecule has 29 heavy (non-hydrogen) atoms. The molecule has 0 bridgehead atoms. The molecule has 0 radical (unpaired) electrons. The molecule has 1 amide bonds. The highest BCUT2D eigenvalue weighted by atomic mass is 16.5. The van der Waals surface area contributed by atoms with Crippen molar-refractivity contribution in [3.05, 3.63) is 36.0 Å². The van der Waals surface area contributed by atoms with E-state index < -0.39 is 0 Å². The van der Waals surface area contributed by atoms with Gasteiger partial charge in [-0.1, -0.05) is 17.3 Å². The number of para-hydroxylation sites is 1. The van der Waals surface area contributed by atoms with Crippen LogP contribution in [0.3, 0.4) is 0 Å². The summed E-state index contributed by atoms with van der Waals surface area (Å²) >= 11 is 0. The van der Waals surface area contributed by atoms with E-state index in [4.69, 9.17) is 14.0 Å². The fraction of sp³-hybridized carbons (Fsp3) is 0.444. The zero-order valence-electron chi connectivity index (χ0n) is 16.2. The van der Waals surface area contributed by atoms with E-state index in [0.717, 1.165) is 5.56 Å². The van der Waals surface area contributed by atoms with Crippen LogP contribution in [0.25, 0.3) is 11.4 Å². The fourth-order valence-electron chi connectivity index (χ4n) is 3.13. The lowest BCUT2D eigenvalue weighted by atomic mass is 10.2. The number of methoxy groups -OCH3 is 1. The number of ether oxygens (including phenoxy) is 2. The van der Waals surface area contributed by atoms with Crippen molar-refractivity contribution in [2.75, 3.05) is 26.8 Å². The molecule has 1 aliphatic heterocycles. The predicted molar refractivity (Wildman–Crippen MR) is 98.7 cm³/mol. The molecule has 1 fully saturated rings. The molecule has 3 heterocycles. The molecule has 0 saturated carbocycles. The van der Waals surface area contributed by atoms with Gasteiger partial charge in [0.15, 0.2) is 0 Å². The van der Waals surface area contributed by atoms with E-state index in [1.165, 1.54) is 4.80 Å². The quantitative estimate of drug-likeness (QED) is 0.592. The van der Waals surface area contributed by atoms with E-state index in [1.54, 1.807) is 19.1 Å². The molecule has 1 atom stereocenters. The van der Waals surface area contributed by atoms with Crippen molar-refractivity contribution in [3.63, 3.8) is 0 Å². The van der Waals surface area contributed by atoms with Crippen LogP contribution in [0.4, 0.5) is 0 Å². The summed E-state index contributed by atoms with van der Waals surface area (Å²) in [7, 11) is 3.27. The molecule has 1 aromatic carbocycles. The van der Waals surface area contributed by atoms with Crippen LogP contribution >= 0.6 is 0 Å². The number of tetrazole rings is 1. The van der Waals surface area contributed by atoms with Crippen LogP contribution in [0.1, 0.15) is 24.2 Å². The highest BCUT2D eigenvalue weighted by Gasteiger charge is 2.28. The minimum absolute atomic E-state index is 0.0146. The van der Waals surface area contributed by atoms with Crippen LogP contribution in [0.5, 0.6) is 5.75 Å². The van der Waals surface area contributed by atoms with Gasteiger partial charge >= 0.3 is 0 Å². The van der Waals surface area contributed by atoms with Gasteiger partial charge in [-0.25, -0.2) is 0 Å². The van der Waals surface area contributed by atoms with Crippen molar-refractivity contribution >= 4 is 5.91 Å². The number of nitrogens with zero attached hydrogens (tertiary/aromatic N) is 7. The Hall–Kier alpha value is -3.34. The summed E-state index contributed by atoms with van der Waals surface area (Å²) in [6, 6.07) is 7.43. The van der Waals surface area contributed by atoms with E-state index in [1.807, 2.05) is 24.3 Å². The maximum absolute atomic E-state index is 12.6. The molecule has 11 nitrogen and oxygen atoms in total. The molecule has 11 heteroatoms. The van der Waals surface area contributed by atoms with E-state index in [2.05, 4.69) is 25.6 Å². The van der Waals surface area contributed by atoms with Gasteiger partial charge in [-0.15, -0.1) is 10.2 Å². The number of rotatable bonds is 6. The number of carbonyl (C=O) groups excluding carboxylic acids is 1. The highest BCUT2D eigenvalue weighted by molar-refractivity contribution is 5.76. The van der Waals surface area contributed by atoms with Gasteiger partial charge in [-0.2, -0.15) is 9.78 Å². The van der Waals surface area contributed by atoms with Crippen molar-refractivity contribution < 1.29 is 18.8 Å². The molecule has 1 aliphatic rings. The lowest BCUT2D eigenvalue weighted by Crippen LogP contribution is -2.42. The zero-order chi connectivity index (χ0) is 20.2. The Morgan fingerprint density at radius 1 is 1.34 bits per heavy atom. The first-order valence-electron chi connectivity index (χ1n) is 9.23. The molecule has 152 valence electrons. The maximum atomic E-state index is 12.6. The van der Waals surface area contributed by atoms with E-state index in [-0.39, 0.29) is 18.4 Å². The molecule has 0 spiro atoms. The van der Waals surface area contributed by atoms with Crippen LogP contribution in [0.2, 0.25) is 0 Å². The second-order valence-electron chi connectivity index (χ2n) is 6.55. The van der Waals surface area contributed by atoms with Gasteiger partial charge in [-0.3, -0.25) is 4.79 Å². The molecule has 1 saturated heterocycles. The van der Waals surface area contributed by atoms with Gasteiger partial charge in [0.1, 0.15) is 11.9 Å². The smallest absolute Gasteiger partial charge is 0.227 e. The van der Waals surface area contributed by atoms with Crippen LogP contribution in [0.15, 0.2) is 28.8 Å². The Labute approximate surface area is 166 Å². The van der Waals surface area contributed by atoms with Crippen LogP contribution in [-0.4, -0.2) is 68.0 Å². The number of hydrogen-bond acceptors (Lipinski definition) is 9. The van der Waals surface area contributed by atoms with Gasteiger partial charge in [0.2, 0.25) is 23.4 Å². The van der Waals surface area contributed by atoms with E-state index >= 15 is 0 Å². The molecule has 1 unspecified atom stereocenters. The summed E-state index contributed by atoms with van der Waals surface area (Å²) in [6.07, 6.45) is 0.238. The molecule has 2 aromatic heterocycles. The predicted octanol–water partition coefficient (Wildman–Crippen LogP) is 0.801. The van der Waals surface area contributed by atoms with Gasteiger partial charge < -0.3 is 18.9 Å². The number of hydrogen-bond donors (Lipinski definition) is 0. The van der Waals surface area contributed by atoms with Crippen LogP contribution in [-0.2, 0) is 23.0 Å². The van der Waals surface area contributed by atoms with Gasteiger partial charge in [0, 0.05) is 19.4 Å². The number of amides is 1. The van der Waals surface area contributed by atoms with Crippen molar-refractivity contribution in [2.45, 2.75) is 18.9 Å². The summed E-state index contributed by atoms with van der Waals surface area (Å²) in [6.45, 7) is 1.33. The molecule has 0 N–H and O–H groups in total. The lowest BCUT2D eigenvalue weighted by molar-refractivity contribution is -0.139. The second-order valence-corrected chi connectivity index (χ2v) is 6.55. The Morgan fingerprint density at radius 3 is 3.00 bits per heavy atom. The molecular weight excluding hydrogens is 378 g/mol. The Morgan fingerprint density at radius 2 is 2.21 bits per heavy atom. The van der Waals surface area contributed by atoms with Crippen LogP contribution in [0, 0.1) is 0 Å². The standard InChI is InChI=1S/C18H21N7O4/c1-24-21-18(20-23-24)14-11-25(9-10-28-14)16(26)8-7-15-19-17(22-29-15)12-5-3-4-6-13(12)27-2/h3-6,14H,7-11H2,1-2H3. The first-order chi connectivity index (χ1) is 14.1. The third-order valence-corrected chi connectivity index (χ3v) is 4.60. The minimum Gasteiger partial charge on any atom is -0.496 e. The summed E-state index contributed by atoms with van der Waals surface area (Å²) < 4.78 is 16.3. The Bertz CT molecular complexity index is 986.